The molecule has 1 atom stereocenters. The van der Waals surface area contributed by atoms with Gasteiger partial charge in [0.25, 0.3) is 5.78 Å². The first kappa shape index (κ1) is 27.4. The Labute approximate surface area is 242 Å². The van der Waals surface area contributed by atoms with Crippen molar-refractivity contribution in [2.75, 3.05) is 12.0 Å². The summed E-state index contributed by atoms with van der Waals surface area (Å²) < 4.78 is 11.5. The predicted octanol–water partition coefficient (Wildman–Crippen LogP) is 5.84. The fourth-order valence-electron chi connectivity index (χ4n) is 4.43. The molecular weight excluding hydrogens is 598 g/mol. The Hall–Kier alpha value is -4.22. The van der Waals surface area contributed by atoms with Crippen molar-refractivity contribution in [2.45, 2.75) is 26.5 Å². The number of benzene rings is 3. The summed E-state index contributed by atoms with van der Waals surface area (Å²) in [4.78, 5) is 27.9. The maximum atomic E-state index is 13.4. The number of aromatic nitrogens is 2. The number of aliphatic hydroxyl groups excluding tert-OH is 1. The van der Waals surface area contributed by atoms with Gasteiger partial charge in [0, 0.05) is 5.56 Å². The van der Waals surface area contributed by atoms with Crippen LogP contribution in [0.1, 0.15) is 33.3 Å². The number of aryl methyl sites for hydroxylation is 2. The molecule has 1 fully saturated rings. The number of methoxy groups -OCH3 is 1. The second-order valence-electron chi connectivity index (χ2n) is 9.07. The number of ketones is 1. The fourth-order valence-corrected chi connectivity index (χ4v) is 5.61. The molecule has 1 unspecified atom stereocenters. The average molecular weight is 622 g/mol. The Morgan fingerprint density at radius 3 is 2.45 bits per heavy atom. The van der Waals surface area contributed by atoms with Crippen LogP contribution in [-0.2, 0) is 16.2 Å². The summed E-state index contributed by atoms with van der Waals surface area (Å²) in [5, 5.41) is 30.6. The van der Waals surface area contributed by atoms with Gasteiger partial charge in [-0.05, 0) is 82.9 Å². The first-order chi connectivity index (χ1) is 19.2. The quantitative estimate of drug-likeness (QED) is 0.150. The maximum Gasteiger partial charge on any atom is 0.301 e. The highest BCUT2D eigenvalue weighted by atomic mass is 79.9. The lowest BCUT2D eigenvalue weighted by Gasteiger charge is -2.23. The van der Waals surface area contributed by atoms with E-state index >= 15 is 0 Å². The lowest BCUT2D eigenvalue weighted by Crippen LogP contribution is -2.29. The number of carbonyl (C=O) groups is 2. The van der Waals surface area contributed by atoms with E-state index in [1.165, 1.54) is 18.1 Å². The number of amides is 1. The van der Waals surface area contributed by atoms with E-state index in [1.807, 2.05) is 31.2 Å². The molecule has 0 saturated carbocycles. The van der Waals surface area contributed by atoms with E-state index in [-0.39, 0.29) is 32.4 Å². The van der Waals surface area contributed by atoms with Crippen molar-refractivity contribution in [3.63, 3.8) is 0 Å². The molecule has 3 aromatic carbocycles. The highest BCUT2D eigenvalue weighted by molar-refractivity contribution is 9.10. The van der Waals surface area contributed by atoms with Crippen LogP contribution in [-0.4, -0.2) is 39.2 Å². The number of phenols is 1. The van der Waals surface area contributed by atoms with Gasteiger partial charge in [0.15, 0.2) is 11.5 Å². The van der Waals surface area contributed by atoms with E-state index in [4.69, 9.17) is 9.47 Å². The summed E-state index contributed by atoms with van der Waals surface area (Å²) >= 11 is 4.45. The molecule has 0 aliphatic carbocycles. The number of hydrogen-bond acceptors (Lipinski definition) is 9. The number of aromatic hydroxyl groups is 1. The first-order valence-electron chi connectivity index (χ1n) is 12.1. The molecule has 0 bridgehead atoms. The molecule has 1 aromatic heterocycles. The van der Waals surface area contributed by atoms with Gasteiger partial charge in [-0.1, -0.05) is 35.6 Å². The third-order valence-corrected chi connectivity index (χ3v) is 7.98. The van der Waals surface area contributed by atoms with Crippen molar-refractivity contribution < 1.29 is 29.3 Å². The Balaban J connectivity index is 1.56. The number of rotatable bonds is 7. The lowest BCUT2D eigenvalue weighted by molar-refractivity contribution is -0.132. The summed E-state index contributed by atoms with van der Waals surface area (Å²) in [5.41, 5.74) is 2.77. The second kappa shape index (κ2) is 11.1. The third kappa shape index (κ3) is 5.05. The number of phenolic OH excluding ortho intramolecular Hbond substituents is 1. The van der Waals surface area contributed by atoms with Crippen molar-refractivity contribution in [2.24, 2.45) is 0 Å². The molecule has 11 heteroatoms. The van der Waals surface area contributed by atoms with Crippen LogP contribution < -0.4 is 14.4 Å². The van der Waals surface area contributed by atoms with Gasteiger partial charge in [-0.15, -0.1) is 10.2 Å². The van der Waals surface area contributed by atoms with Gasteiger partial charge in [-0.3, -0.25) is 14.5 Å². The molecular formula is C29H24BrN3O6S. The van der Waals surface area contributed by atoms with Gasteiger partial charge in [-0.25, -0.2) is 0 Å². The monoisotopic (exact) mass is 621 g/mol. The molecule has 204 valence electrons. The van der Waals surface area contributed by atoms with Crippen LogP contribution in [0.25, 0.3) is 5.76 Å². The lowest BCUT2D eigenvalue weighted by atomic mass is 9.95. The number of carbonyl (C=O) groups excluding carboxylic acids is 2. The highest BCUT2D eigenvalue weighted by Crippen LogP contribution is 2.46. The standard InChI is InChI=1S/C29H24BrN3O6S/c1-15-6-4-5-7-18(15)14-39-20-10-8-17(9-11-20)25(34)23-24(19-12-21(30)26(35)22(13-19)38-3)33(28(37)27(23)36)29-32-31-16(2)40-29/h4-13,24,34-35H,14H2,1-3H3. The first-order valence-corrected chi connectivity index (χ1v) is 13.8. The van der Waals surface area contributed by atoms with Crippen LogP contribution in [0.4, 0.5) is 5.13 Å². The van der Waals surface area contributed by atoms with Gasteiger partial charge in [-0.2, -0.15) is 0 Å². The van der Waals surface area contributed by atoms with Crippen LogP contribution in [0.3, 0.4) is 0 Å². The minimum absolute atomic E-state index is 0.124. The zero-order valence-corrected chi connectivity index (χ0v) is 24.1. The number of halogens is 1. The molecule has 1 saturated heterocycles. The Bertz CT molecular complexity index is 1650. The molecule has 2 heterocycles. The second-order valence-corrected chi connectivity index (χ2v) is 11.1. The summed E-state index contributed by atoms with van der Waals surface area (Å²) in [6.45, 7) is 4.12. The fraction of sp³-hybridized carbons (Fsp3) is 0.172. The number of aliphatic hydroxyl groups is 1. The van der Waals surface area contributed by atoms with Crippen molar-refractivity contribution >= 4 is 49.8 Å². The number of Topliss-reactive ketones (excluding diaryl/α,β-unsaturated/α-hetero) is 1. The molecule has 40 heavy (non-hydrogen) atoms. The van der Waals surface area contributed by atoms with Gasteiger partial charge < -0.3 is 19.7 Å². The number of anilines is 1. The molecule has 0 spiro atoms. The molecule has 5 rings (SSSR count). The van der Waals surface area contributed by atoms with E-state index in [1.54, 1.807) is 37.3 Å². The Kier molecular flexibility index (Phi) is 7.59. The van der Waals surface area contributed by atoms with Crippen LogP contribution >= 0.6 is 27.3 Å². The minimum atomic E-state index is -1.06. The normalized spacial score (nSPS) is 16.4. The Morgan fingerprint density at radius 1 is 1.07 bits per heavy atom. The van der Waals surface area contributed by atoms with Gasteiger partial charge in [0.05, 0.1) is 23.2 Å². The van der Waals surface area contributed by atoms with Crippen LogP contribution in [0.15, 0.2) is 70.7 Å². The Morgan fingerprint density at radius 2 is 1.80 bits per heavy atom. The molecule has 4 aromatic rings. The third-order valence-electron chi connectivity index (χ3n) is 6.54. The zero-order chi connectivity index (χ0) is 28.6. The van der Waals surface area contributed by atoms with Crippen molar-refractivity contribution in [3.8, 4) is 17.2 Å². The topological polar surface area (TPSA) is 122 Å². The van der Waals surface area contributed by atoms with E-state index in [9.17, 15) is 19.8 Å². The SMILES string of the molecule is COc1cc(C2C(=C(O)c3ccc(OCc4ccccc4C)cc3)C(=O)C(=O)N2c2nnc(C)s2)cc(Br)c1O. The van der Waals surface area contributed by atoms with Crippen LogP contribution in [0.5, 0.6) is 17.2 Å². The van der Waals surface area contributed by atoms with Crippen molar-refractivity contribution in [3.05, 3.63) is 98.0 Å². The van der Waals surface area contributed by atoms with Gasteiger partial charge in [0.1, 0.15) is 23.1 Å². The molecule has 0 radical (unpaired) electrons. The summed E-state index contributed by atoms with van der Waals surface area (Å²) in [5.74, 6) is -1.54. The average Bonchev–Trinajstić information content (AvgIpc) is 3.49. The maximum absolute atomic E-state index is 13.4. The number of nitrogens with zero attached hydrogens (tertiary/aromatic N) is 3. The van der Waals surface area contributed by atoms with Crippen LogP contribution in [0, 0.1) is 13.8 Å². The van der Waals surface area contributed by atoms with E-state index in [0.717, 1.165) is 22.5 Å². The number of hydrogen-bond donors (Lipinski definition) is 2. The van der Waals surface area contributed by atoms with Crippen molar-refractivity contribution in [1.29, 1.82) is 0 Å². The molecule has 1 amide bonds. The van der Waals surface area contributed by atoms with Crippen molar-refractivity contribution in [1.82, 2.24) is 10.2 Å². The highest BCUT2D eigenvalue weighted by Gasteiger charge is 2.48. The van der Waals surface area contributed by atoms with E-state index in [0.29, 0.717) is 28.5 Å². The summed E-state index contributed by atoms with van der Waals surface area (Å²) in [6.07, 6.45) is 0. The summed E-state index contributed by atoms with van der Waals surface area (Å²) in [6, 6.07) is 16.5. The smallest absolute Gasteiger partial charge is 0.301 e. The minimum Gasteiger partial charge on any atom is -0.507 e. The molecule has 1 aliphatic heterocycles. The zero-order valence-electron chi connectivity index (χ0n) is 21.7. The molecule has 1 aliphatic rings. The van der Waals surface area contributed by atoms with Crippen LogP contribution in [0.2, 0.25) is 0 Å². The van der Waals surface area contributed by atoms with E-state index < -0.39 is 17.7 Å². The molecule has 2 N–H and O–H groups in total. The predicted molar refractivity (Wildman–Crippen MR) is 154 cm³/mol. The van der Waals surface area contributed by atoms with Gasteiger partial charge >= 0.3 is 5.91 Å². The largest absolute Gasteiger partial charge is 0.507 e. The summed E-state index contributed by atoms with van der Waals surface area (Å²) in [7, 11) is 1.39. The number of ether oxygens (including phenoxy) is 2. The van der Waals surface area contributed by atoms with Gasteiger partial charge in [0.2, 0.25) is 5.13 Å². The van der Waals surface area contributed by atoms with E-state index in [2.05, 4.69) is 26.1 Å². The molecule has 9 nitrogen and oxygen atoms in total.